The van der Waals surface area contributed by atoms with Gasteiger partial charge in [-0.3, -0.25) is 59.4 Å². The van der Waals surface area contributed by atoms with Gasteiger partial charge in [-0.25, -0.2) is 44.3 Å². The molecule has 5 saturated heterocycles. The number of amides is 9. The highest BCUT2D eigenvalue weighted by Gasteiger charge is 2.38. The van der Waals surface area contributed by atoms with Crippen LogP contribution < -0.4 is 35.4 Å². The summed E-state index contributed by atoms with van der Waals surface area (Å²) in [5.74, 6) is 2.19. The topological polar surface area (TPSA) is 441 Å². The summed E-state index contributed by atoms with van der Waals surface area (Å²) in [6.07, 6.45) is 17.9. The molecule has 1 saturated carbocycles. The lowest BCUT2D eigenvalue weighted by Gasteiger charge is -2.35. The molecule has 9 aliphatic rings. The lowest BCUT2D eigenvalue weighted by molar-refractivity contribution is -0.140. The van der Waals surface area contributed by atoms with Crippen molar-refractivity contribution in [2.24, 2.45) is 11.8 Å². The Labute approximate surface area is 718 Å². The van der Waals surface area contributed by atoms with Crippen LogP contribution in [-0.2, 0) is 104 Å². The van der Waals surface area contributed by atoms with Gasteiger partial charge in [-0.15, -0.1) is 0 Å². The van der Waals surface area contributed by atoms with Crippen LogP contribution in [-0.4, -0.2) is 250 Å². The van der Waals surface area contributed by atoms with Crippen LogP contribution >= 0.6 is 0 Å². The van der Waals surface area contributed by atoms with Crippen molar-refractivity contribution in [1.82, 2.24) is 44.6 Å². The van der Waals surface area contributed by atoms with E-state index in [0.717, 1.165) is 72.8 Å². The third kappa shape index (κ3) is 21.5. The maximum absolute atomic E-state index is 13.5. The molecule has 6 aromatic heterocycles. The minimum absolute atomic E-state index is 0.0262. The molecule has 36 heteroatoms. The molecule has 9 atom stereocenters. The molecule has 124 heavy (non-hydrogen) atoms. The normalized spacial score (nSPS) is 21.7. The number of urea groups is 3. The van der Waals surface area contributed by atoms with E-state index >= 15 is 0 Å². The Kier molecular flexibility index (Phi) is 30.7. The first-order valence-corrected chi connectivity index (χ1v) is 42.1. The Morgan fingerprint density at radius 1 is 0.444 bits per heavy atom. The Morgan fingerprint density at radius 3 is 1.10 bits per heavy atom. The molecular formula is C88H104N18O18. The number of aldehydes is 3. The number of nitrogens with one attached hydrogen (secondary N) is 3. The second-order valence-corrected chi connectivity index (χ2v) is 32.1. The first kappa shape index (κ1) is 89.8. The van der Waals surface area contributed by atoms with Crippen molar-refractivity contribution < 1.29 is 85.8 Å². The van der Waals surface area contributed by atoms with Gasteiger partial charge in [0.25, 0.3) is 17.7 Å². The number of methoxy groups -OCH3 is 3. The van der Waals surface area contributed by atoms with Gasteiger partial charge in [-0.2, -0.15) is 15.8 Å². The lowest BCUT2D eigenvalue weighted by atomic mass is 9.90. The van der Waals surface area contributed by atoms with Crippen molar-refractivity contribution in [2.45, 2.75) is 178 Å². The first-order valence-electron chi connectivity index (χ1n) is 42.1. The Balaban J connectivity index is 0.000000160. The number of hydrogen-bond donors (Lipinski definition) is 3. The molecule has 36 nitrogen and oxygen atoms in total. The number of carbonyl (C=O) groups is 9. The molecule has 0 unspecified atom stereocenters. The SMILES string of the molecule is CO[C@@H]1CCOC[C@H]1Cc1cc(NC(=O)N2CCCc3cc(CN(C)C(=O)[C@H]4CCCO4)c(C=O)nc32)ncc1C#N.CO[C@@H]1CC[C@H]1Oc1cc(NC(=O)N2CCCc3cc(CN(C)C(=O)[C@H]4CCCO4)c(C=O)nc32)ncc1C#N.CO[C@H]1CCOC[C@@H]1Cc1cc(NC(=O)N2CCCc3cc(CN(C)C(=O)[C@H]4CCCO4)c(C=O)nc32)ncc1C#N. The second kappa shape index (κ2) is 42.4. The molecule has 0 aromatic carbocycles. The lowest BCUT2D eigenvalue weighted by Crippen LogP contribution is -2.42. The molecular weight excluding hydrogens is 1600 g/mol. The van der Waals surface area contributed by atoms with E-state index in [9.17, 15) is 58.9 Å². The standard InChI is InChI=1S/2C30H36N6O6.C28H32N6O6/c2*1-35(29(38)26-6-4-9-42-26)16-21-11-19-5-3-8-36(28(19)33-24(21)17-37)30(39)34-27-13-20(23(14-31)15-32-27)12-22-18-41-10-7-25(22)40-2;1-33(27(36)23-6-4-10-39-23)15-18-11-17-5-3-9-34(26(17)31-20(18)16-35)28(37)32-25-12-24(19(13-29)14-30-25)40-22-8-7-21(22)38-2/h2*11,13,15,17,22,25-26H,3-10,12,16,18H2,1-2H3,(H,32,34,39);11-12,14,16,21-23H,3-10,15H2,1-2H3,(H,30,32,37)/t22-,25-,26+;22-,25-,26-;21-,22-,23-/m011/s1. The summed E-state index contributed by atoms with van der Waals surface area (Å²) in [4.78, 5) is 150. The Bertz CT molecular complexity index is 4850. The van der Waals surface area contributed by atoms with Gasteiger partial charge in [-0.05, 0) is 174 Å². The van der Waals surface area contributed by atoms with Crippen molar-refractivity contribution in [3.8, 4) is 24.0 Å². The van der Waals surface area contributed by atoms with Crippen LogP contribution in [0.5, 0.6) is 5.75 Å². The molecule has 0 spiro atoms. The van der Waals surface area contributed by atoms with Crippen LogP contribution in [0.2, 0.25) is 0 Å². The van der Waals surface area contributed by atoms with Gasteiger partial charge in [0.1, 0.15) is 106 Å². The largest absolute Gasteiger partial charge is 0.486 e. The maximum Gasteiger partial charge on any atom is 0.328 e. The number of likely N-dealkylation sites (N-methyl/N-ethyl adjacent to an activating group) is 3. The molecule has 654 valence electrons. The average molecular weight is 1700 g/mol. The fourth-order valence-electron chi connectivity index (χ4n) is 17.0. The van der Waals surface area contributed by atoms with Crippen LogP contribution in [0.15, 0.2) is 55.0 Å². The number of pyridine rings is 6. The van der Waals surface area contributed by atoms with Crippen molar-refractivity contribution in [3.63, 3.8) is 0 Å². The molecule has 6 aromatic rings. The zero-order chi connectivity index (χ0) is 87.5. The molecule has 1 aliphatic carbocycles. The average Bonchev–Trinajstić information content (AvgIpc) is 0.996. The summed E-state index contributed by atoms with van der Waals surface area (Å²) >= 11 is 0. The Hall–Kier alpha value is -11.9. The molecule has 6 fully saturated rings. The first-order chi connectivity index (χ1) is 60.2. The van der Waals surface area contributed by atoms with E-state index in [0.29, 0.717) is 218 Å². The quantitative estimate of drug-likeness (QED) is 0.0477. The number of hydrogen-bond acceptors (Lipinski definition) is 27. The fourth-order valence-corrected chi connectivity index (χ4v) is 17.0. The van der Waals surface area contributed by atoms with E-state index in [1.807, 2.05) is 18.2 Å². The van der Waals surface area contributed by atoms with Crippen molar-refractivity contribution in [2.75, 3.05) is 139 Å². The summed E-state index contributed by atoms with van der Waals surface area (Å²) in [7, 11) is 10.0. The molecule has 9 amide bonds. The van der Waals surface area contributed by atoms with Gasteiger partial charge in [0.05, 0.1) is 48.8 Å². The number of nitrogens with zero attached hydrogens (tertiary/aromatic N) is 15. The van der Waals surface area contributed by atoms with Gasteiger partial charge in [0.15, 0.2) is 18.9 Å². The van der Waals surface area contributed by atoms with E-state index in [2.05, 4.69) is 64.1 Å². The van der Waals surface area contributed by atoms with Crippen LogP contribution in [0.1, 0.15) is 176 Å². The van der Waals surface area contributed by atoms with Crippen LogP contribution in [0.25, 0.3) is 0 Å². The predicted octanol–water partition coefficient (Wildman–Crippen LogP) is 8.59. The van der Waals surface area contributed by atoms with E-state index in [1.165, 1.54) is 39.4 Å². The van der Waals surface area contributed by atoms with Gasteiger partial charge >= 0.3 is 18.1 Å². The number of carbonyl (C=O) groups excluding carboxylic acids is 9. The minimum Gasteiger partial charge on any atom is -0.486 e. The van der Waals surface area contributed by atoms with Crippen LogP contribution in [0.4, 0.5) is 49.3 Å². The fraction of sp³-hybridized carbons (Fsp3) is 0.523. The molecule has 0 radical (unpaired) electrons. The minimum atomic E-state index is -0.467. The molecule has 14 heterocycles. The smallest absolute Gasteiger partial charge is 0.328 e. The molecule has 15 rings (SSSR count). The summed E-state index contributed by atoms with van der Waals surface area (Å²) in [5, 5.41) is 37.3. The molecule has 8 aliphatic heterocycles. The monoisotopic (exact) mass is 1700 g/mol. The third-order valence-corrected chi connectivity index (χ3v) is 23.9. The number of rotatable bonds is 24. The number of aromatic nitrogens is 6. The zero-order valence-corrected chi connectivity index (χ0v) is 70.6. The summed E-state index contributed by atoms with van der Waals surface area (Å²) < 4.78 is 50.4. The summed E-state index contributed by atoms with van der Waals surface area (Å²) in [5.41, 5.74) is 7.51. The number of nitriles is 3. The summed E-state index contributed by atoms with van der Waals surface area (Å²) in [6.45, 7) is 5.94. The highest BCUT2D eigenvalue weighted by Crippen LogP contribution is 2.37. The summed E-state index contributed by atoms with van der Waals surface area (Å²) in [6, 6.07) is 15.6. The zero-order valence-electron chi connectivity index (χ0n) is 70.6. The number of fused-ring (bicyclic) bond motifs is 3. The molecule has 3 N–H and O–H groups in total. The number of aryl methyl sites for hydroxylation is 3. The van der Waals surface area contributed by atoms with Gasteiger partial charge in [0, 0.05) is 162 Å². The van der Waals surface area contributed by atoms with E-state index < -0.39 is 36.4 Å². The van der Waals surface area contributed by atoms with E-state index in [-0.39, 0.29) is 102 Å². The third-order valence-electron chi connectivity index (χ3n) is 23.9. The maximum atomic E-state index is 13.5. The van der Waals surface area contributed by atoms with Gasteiger partial charge in [0.2, 0.25) is 0 Å². The highest BCUT2D eigenvalue weighted by molar-refractivity contribution is 6.04. The van der Waals surface area contributed by atoms with Crippen LogP contribution in [0, 0.1) is 45.8 Å². The van der Waals surface area contributed by atoms with Gasteiger partial charge in [-0.1, -0.05) is 0 Å². The van der Waals surface area contributed by atoms with Crippen molar-refractivity contribution in [1.29, 1.82) is 15.8 Å². The molecule has 0 bridgehead atoms. The highest BCUT2D eigenvalue weighted by atomic mass is 16.5. The van der Waals surface area contributed by atoms with Crippen LogP contribution in [0.3, 0.4) is 0 Å². The predicted molar refractivity (Wildman–Crippen MR) is 447 cm³/mol. The van der Waals surface area contributed by atoms with E-state index in [4.69, 9.17) is 42.6 Å². The second-order valence-electron chi connectivity index (χ2n) is 32.1. The van der Waals surface area contributed by atoms with Crippen molar-refractivity contribution >= 4 is 89.6 Å². The number of ether oxygens (including phenoxy) is 9. The Morgan fingerprint density at radius 2 is 0.790 bits per heavy atom. The van der Waals surface area contributed by atoms with E-state index in [1.54, 1.807) is 69.3 Å². The number of anilines is 6. The van der Waals surface area contributed by atoms with Crippen molar-refractivity contribution in [3.05, 3.63) is 133 Å². The van der Waals surface area contributed by atoms with Gasteiger partial charge < -0.3 is 57.3 Å².